The number of aromatic amines is 2. The number of aliphatic hydroxyl groups excluding tert-OH is 1. The predicted molar refractivity (Wildman–Crippen MR) is 330 cm³/mol. The summed E-state index contributed by atoms with van der Waals surface area (Å²) in [5.41, 5.74) is -0.412. The highest BCUT2D eigenvalue weighted by atomic mass is 35.5. The molecule has 0 unspecified atom stereocenters. The molecule has 34 heteroatoms. The average Bonchev–Trinajstić information content (AvgIpc) is 1.95. The van der Waals surface area contributed by atoms with Crippen molar-refractivity contribution in [1.82, 2.24) is 40.3 Å². The molecule has 4 heterocycles. The highest BCUT2D eigenvalue weighted by Gasteiger charge is 2.36. The Morgan fingerprint density at radius 1 is 0.516 bits per heavy atom. The molecule has 4 aromatic carbocycles. The number of hydrogen-bond donors (Lipinski definition) is 9. The first-order valence-corrected chi connectivity index (χ1v) is 27.0. The second-order valence-corrected chi connectivity index (χ2v) is 21.8. The molecule has 8 aromatic rings. The van der Waals surface area contributed by atoms with Crippen molar-refractivity contribution in [3.63, 3.8) is 0 Å². The van der Waals surface area contributed by atoms with Gasteiger partial charge in [0.25, 0.3) is 0 Å². The number of halogens is 11. The quantitative estimate of drug-likeness (QED) is 0.0514. The number of ether oxygens (including phenoxy) is 2. The average molecular weight is 1340 g/mol. The molecule has 9 N–H and O–H groups in total. The van der Waals surface area contributed by atoms with Crippen LogP contribution in [0, 0.1) is 39.3 Å². The molecule has 0 spiro atoms. The van der Waals surface area contributed by atoms with E-state index >= 15 is 8.78 Å². The largest absolute Gasteiger partial charge is 0.443 e. The number of rotatable bonds is 12. The summed E-state index contributed by atoms with van der Waals surface area (Å²) in [6, 6.07) is 16.8. The lowest BCUT2D eigenvalue weighted by Gasteiger charge is -2.25. The Morgan fingerprint density at radius 3 is 1.13 bits per heavy atom. The van der Waals surface area contributed by atoms with E-state index in [4.69, 9.17) is 37.8 Å². The number of anilines is 12. The van der Waals surface area contributed by atoms with Crippen LogP contribution in [0.25, 0.3) is 0 Å². The SMILES string of the molecule is CO.Cc1cc(N(C(=O)OC(C)(C)C)c2nc(Nc3cc(NC(=O)Nc4ccc(Cl)c(C(F)(F)F)c4)ccc3C)ncc2F)n[nH]1.Cc1cc(N(C(=O)OC(C)(C)C)c2nc(Nc3cc(NC(=O)Nc4ccc(Cl)c(C(F)(F)F)c4)ccc3C)ncc2F)n[nH]1.Cl. The molecule has 0 aliphatic rings. The van der Waals surface area contributed by atoms with Crippen molar-refractivity contribution < 1.29 is 68.9 Å². The number of carbonyl (C=O) groups excluding carboxylic acids is 4. The van der Waals surface area contributed by atoms with Gasteiger partial charge in [0.15, 0.2) is 34.9 Å². The first kappa shape index (κ1) is 72.2. The van der Waals surface area contributed by atoms with Gasteiger partial charge >= 0.3 is 36.6 Å². The van der Waals surface area contributed by atoms with E-state index in [-0.39, 0.29) is 58.7 Å². The maximum Gasteiger partial charge on any atom is 0.422 e. The summed E-state index contributed by atoms with van der Waals surface area (Å²) in [5, 5.41) is 35.0. The molecule has 0 atom stereocenters. The third-order valence-corrected chi connectivity index (χ3v) is 12.1. The van der Waals surface area contributed by atoms with Crippen LogP contribution in [-0.4, -0.2) is 88.0 Å². The van der Waals surface area contributed by atoms with Crippen LogP contribution in [0.1, 0.15) is 75.2 Å². The molecule has 0 radical (unpaired) electrons. The Balaban J connectivity index is 0.000000318. The maximum absolute atomic E-state index is 15.1. The van der Waals surface area contributed by atoms with Gasteiger partial charge in [-0.2, -0.15) is 46.5 Å². The lowest BCUT2D eigenvalue weighted by atomic mass is 10.2. The fourth-order valence-corrected chi connectivity index (χ4v) is 7.97. The van der Waals surface area contributed by atoms with Gasteiger partial charge in [0.05, 0.1) is 33.6 Å². The second kappa shape index (κ2) is 29.8. The van der Waals surface area contributed by atoms with Crippen molar-refractivity contribution in [2.24, 2.45) is 0 Å². The fraction of sp³-hybridized carbons (Fsp3) is 0.263. The highest BCUT2D eigenvalue weighted by Crippen LogP contribution is 2.39. The number of carbonyl (C=O) groups is 4. The van der Waals surface area contributed by atoms with Crippen LogP contribution >= 0.6 is 35.6 Å². The van der Waals surface area contributed by atoms with E-state index in [0.29, 0.717) is 33.9 Å². The molecule has 0 saturated heterocycles. The monoisotopic (exact) mass is 1340 g/mol. The lowest BCUT2D eigenvalue weighted by Crippen LogP contribution is -2.35. The van der Waals surface area contributed by atoms with Crippen molar-refractivity contribution in [2.75, 3.05) is 48.8 Å². The van der Waals surface area contributed by atoms with E-state index < -0.39 is 92.2 Å². The van der Waals surface area contributed by atoms with Crippen LogP contribution in [0.2, 0.25) is 10.0 Å². The van der Waals surface area contributed by atoms with Crippen LogP contribution in [0.3, 0.4) is 0 Å². The first-order valence-electron chi connectivity index (χ1n) is 26.2. The molecule has 486 valence electrons. The molecule has 8 rings (SSSR count). The molecule has 0 bridgehead atoms. The summed E-state index contributed by atoms with van der Waals surface area (Å²) in [4.78, 5) is 69.4. The van der Waals surface area contributed by atoms with Gasteiger partial charge in [-0.15, -0.1) is 12.4 Å². The Labute approximate surface area is 530 Å². The molecule has 23 nitrogen and oxygen atoms in total. The smallest absolute Gasteiger partial charge is 0.422 e. The third-order valence-electron chi connectivity index (χ3n) is 11.4. The summed E-state index contributed by atoms with van der Waals surface area (Å²) in [5.74, 6) is -2.86. The maximum atomic E-state index is 15.1. The number of aliphatic hydroxyl groups is 1. The van der Waals surface area contributed by atoms with Gasteiger partial charge in [0, 0.05) is 64.8 Å². The normalized spacial score (nSPS) is 11.3. The zero-order valence-corrected chi connectivity index (χ0v) is 52.2. The number of nitrogens with one attached hydrogen (secondary N) is 8. The van der Waals surface area contributed by atoms with Crippen molar-refractivity contribution in [3.05, 3.63) is 153 Å². The Hall–Kier alpha value is -9.59. The number of nitrogens with zero attached hydrogens (tertiary/aromatic N) is 8. The fourth-order valence-electron chi connectivity index (χ4n) is 7.52. The Bertz CT molecular complexity index is 3670. The molecule has 91 heavy (non-hydrogen) atoms. The predicted octanol–water partition coefficient (Wildman–Crippen LogP) is 16.2. The number of aromatic nitrogens is 8. The minimum Gasteiger partial charge on any atom is -0.443 e. The highest BCUT2D eigenvalue weighted by molar-refractivity contribution is 6.32. The summed E-state index contributed by atoms with van der Waals surface area (Å²) >= 11 is 11.3. The number of aryl methyl sites for hydroxylation is 4. The van der Waals surface area contributed by atoms with Gasteiger partial charge in [0.2, 0.25) is 11.9 Å². The summed E-state index contributed by atoms with van der Waals surface area (Å²) in [7, 11) is 1.00. The van der Waals surface area contributed by atoms with Gasteiger partial charge < -0.3 is 46.5 Å². The van der Waals surface area contributed by atoms with E-state index in [1.165, 1.54) is 36.4 Å². The number of urea groups is 2. The lowest BCUT2D eigenvalue weighted by molar-refractivity contribution is -0.138. The van der Waals surface area contributed by atoms with Crippen molar-refractivity contribution in [3.8, 4) is 0 Å². The van der Waals surface area contributed by atoms with E-state index in [0.717, 1.165) is 53.6 Å². The van der Waals surface area contributed by atoms with Gasteiger partial charge in [-0.25, -0.2) is 47.7 Å². The molecule has 0 aliphatic heterocycles. The van der Waals surface area contributed by atoms with Crippen molar-refractivity contribution in [1.29, 1.82) is 0 Å². The van der Waals surface area contributed by atoms with Crippen molar-refractivity contribution in [2.45, 2.75) is 92.8 Å². The van der Waals surface area contributed by atoms with Gasteiger partial charge in [-0.05, 0) is 141 Å². The topological polar surface area (TPSA) is 295 Å². The molecule has 6 amide bonds. The van der Waals surface area contributed by atoms with E-state index in [9.17, 15) is 45.5 Å². The van der Waals surface area contributed by atoms with Crippen LogP contribution in [0.15, 0.2) is 97.3 Å². The summed E-state index contributed by atoms with van der Waals surface area (Å²) in [6.45, 7) is 16.8. The van der Waals surface area contributed by atoms with Crippen molar-refractivity contribution >= 4 is 129 Å². The van der Waals surface area contributed by atoms with Gasteiger partial charge in [-0.1, -0.05) is 35.3 Å². The molecular formula is C57H59Cl3F8N16O7. The molecule has 4 aromatic heterocycles. The van der Waals surface area contributed by atoms with E-state index in [1.807, 2.05) is 0 Å². The molecular weight excluding hydrogens is 1280 g/mol. The second-order valence-electron chi connectivity index (χ2n) is 21.0. The summed E-state index contributed by atoms with van der Waals surface area (Å²) < 4.78 is 120. The van der Waals surface area contributed by atoms with Crippen LogP contribution in [-0.2, 0) is 21.8 Å². The Kier molecular flexibility index (Phi) is 23.6. The van der Waals surface area contributed by atoms with E-state index in [1.54, 1.807) is 93.5 Å². The van der Waals surface area contributed by atoms with Gasteiger partial charge in [0.1, 0.15) is 11.2 Å². The zero-order valence-electron chi connectivity index (χ0n) is 49.9. The number of H-pyrrole nitrogens is 2. The summed E-state index contributed by atoms with van der Waals surface area (Å²) in [6.07, 6.45) is -9.52. The first-order chi connectivity index (χ1) is 42.0. The Morgan fingerprint density at radius 2 is 0.835 bits per heavy atom. The van der Waals surface area contributed by atoms with Crippen LogP contribution in [0.5, 0.6) is 0 Å². The van der Waals surface area contributed by atoms with Gasteiger partial charge in [-0.3, -0.25) is 10.2 Å². The van der Waals surface area contributed by atoms with Crippen LogP contribution < -0.4 is 41.7 Å². The standard InChI is InChI=1S/2C28H27ClF4N8O3.CH4O.ClH/c2*1-14-6-7-17(36-25(42)35-16-8-9-19(29)18(11-16)28(31,32)33)12-21(14)37-24-34-13-20(30)23(38-24)41(22-10-15(2)39-40-22)26(43)44-27(3,4)5;1-2;/h2*6-13H,1-5H3,(H,39,40)(H,34,37,38)(H2,35,36,42);2H,1H3;1H. The molecule has 0 aliphatic carbocycles. The molecule has 0 fully saturated rings. The number of alkyl halides is 6. The van der Waals surface area contributed by atoms with E-state index in [2.05, 4.69) is 72.2 Å². The number of benzene rings is 4. The third kappa shape index (κ3) is 20.2. The van der Waals surface area contributed by atoms with Crippen LogP contribution in [0.4, 0.5) is 124 Å². The number of hydrogen-bond acceptors (Lipinski definition) is 15. The number of amides is 6. The molecule has 0 saturated carbocycles. The minimum atomic E-state index is -4.70. The zero-order chi connectivity index (χ0) is 66.8. The minimum absolute atomic E-state index is 0.